The maximum Gasteiger partial charge on any atom is 0.262 e. The van der Waals surface area contributed by atoms with E-state index in [9.17, 15) is 13.5 Å². The van der Waals surface area contributed by atoms with E-state index >= 15 is 0 Å². The van der Waals surface area contributed by atoms with Crippen molar-refractivity contribution in [1.29, 1.82) is 0 Å². The standard InChI is InChI=1S/C12H10ClIN2O3S/c13-7-1-3-11(9(14)5-7)16-20(18,19)8-2-4-12(17)10(15)6-8/h1-6,16-17H,15H2. The highest BCUT2D eigenvalue weighted by molar-refractivity contribution is 14.1. The van der Waals surface area contributed by atoms with Crippen molar-refractivity contribution >= 4 is 55.6 Å². The SMILES string of the molecule is Nc1cc(S(=O)(=O)Nc2ccc(Cl)cc2I)ccc1O. The molecule has 2 aromatic rings. The van der Waals surface area contributed by atoms with Gasteiger partial charge in [0.05, 0.1) is 16.3 Å². The third-order valence-electron chi connectivity index (χ3n) is 2.48. The van der Waals surface area contributed by atoms with Crippen LogP contribution in [0.4, 0.5) is 11.4 Å². The van der Waals surface area contributed by atoms with Gasteiger partial charge in [-0.2, -0.15) is 0 Å². The van der Waals surface area contributed by atoms with Gasteiger partial charge >= 0.3 is 0 Å². The average molecular weight is 425 g/mol. The minimum atomic E-state index is -3.78. The Balaban J connectivity index is 2.38. The normalized spacial score (nSPS) is 11.3. The Morgan fingerprint density at radius 1 is 1.20 bits per heavy atom. The molecule has 0 spiro atoms. The summed E-state index contributed by atoms with van der Waals surface area (Å²) in [5.41, 5.74) is 5.92. The van der Waals surface area contributed by atoms with Gasteiger partial charge in [-0.25, -0.2) is 8.42 Å². The molecule has 0 aromatic heterocycles. The van der Waals surface area contributed by atoms with Crippen LogP contribution >= 0.6 is 34.2 Å². The number of hydrogen-bond acceptors (Lipinski definition) is 4. The van der Waals surface area contributed by atoms with Gasteiger partial charge in [-0.05, 0) is 59.0 Å². The Kier molecular flexibility index (Phi) is 4.31. The van der Waals surface area contributed by atoms with Gasteiger partial charge in [0.15, 0.2) is 0 Å². The highest BCUT2D eigenvalue weighted by atomic mass is 127. The Morgan fingerprint density at radius 3 is 2.50 bits per heavy atom. The summed E-state index contributed by atoms with van der Waals surface area (Å²) in [6, 6.07) is 8.51. The molecule has 2 rings (SSSR count). The third-order valence-corrected chi connectivity index (χ3v) is 4.98. The Morgan fingerprint density at radius 2 is 1.90 bits per heavy atom. The van der Waals surface area contributed by atoms with Crippen molar-refractivity contribution in [2.24, 2.45) is 0 Å². The van der Waals surface area contributed by atoms with Crippen LogP contribution in [0.25, 0.3) is 0 Å². The summed E-state index contributed by atoms with van der Waals surface area (Å²) in [5.74, 6) is -0.162. The zero-order valence-corrected chi connectivity index (χ0v) is 13.7. The third kappa shape index (κ3) is 3.28. The number of nitrogens with two attached hydrogens (primary N) is 1. The van der Waals surface area contributed by atoms with E-state index in [0.717, 1.165) is 0 Å². The molecule has 0 amide bonds. The van der Waals surface area contributed by atoms with E-state index in [2.05, 4.69) is 4.72 Å². The van der Waals surface area contributed by atoms with Crippen molar-refractivity contribution in [3.05, 3.63) is 45.0 Å². The molecule has 0 aliphatic carbocycles. The van der Waals surface area contributed by atoms with Gasteiger partial charge < -0.3 is 10.8 Å². The molecule has 0 fully saturated rings. The molecule has 0 saturated heterocycles. The Labute approximate surface area is 134 Å². The highest BCUT2D eigenvalue weighted by Crippen LogP contribution is 2.27. The number of sulfonamides is 1. The fraction of sp³-hybridized carbons (Fsp3) is 0. The Bertz CT molecular complexity index is 765. The number of nitrogens with one attached hydrogen (secondary N) is 1. The molecule has 106 valence electrons. The van der Waals surface area contributed by atoms with Crippen molar-refractivity contribution in [3.63, 3.8) is 0 Å². The van der Waals surface area contributed by atoms with Crippen molar-refractivity contribution in [2.45, 2.75) is 4.90 Å². The van der Waals surface area contributed by atoms with Gasteiger partial charge in [0.2, 0.25) is 0 Å². The van der Waals surface area contributed by atoms with E-state index in [-0.39, 0.29) is 16.3 Å². The molecule has 0 aliphatic heterocycles. The van der Waals surface area contributed by atoms with E-state index < -0.39 is 10.0 Å². The lowest BCUT2D eigenvalue weighted by molar-refractivity contribution is 0.477. The van der Waals surface area contributed by atoms with E-state index in [0.29, 0.717) is 14.3 Å². The van der Waals surface area contributed by atoms with Crippen LogP contribution < -0.4 is 10.5 Å². The smallest absolute Gasteiger partial charge is 0.262 e. The van der Waals surface area contributed by atoms with Crippen molar-refractivity contribution in [2.75, 3.05) is 10.5 Å². The number of anilines is 2. The average Bonchev–Trinajstić information content (AvgIpc) is 2.36. The van der Waals surface area contributed by atoms with Crippen LogP contribution in [-0.4, -0.2) is 13.5 Å². The van der Waals surface area contributed by atoms with Gasteiger partial charge in [-0.1, -0.05) is 11.6 Å². The predicted octanol–water partition coefficient (Wildman–Crippen LogP) is 3.03. The highest BCUT2D eigenvalue weighted by Gasteiger charge is 2.17. The summed E-state index contributed by atoms with van der Waals surface area (Å²) in [5, 5.41) is 9.84. The minimum Gasteiger partial charge on any atom is -0.506 e. The monoisotopic (exact) mass is 424 g/mol. The molecule has 0 heterocycles. The number of phenols is 1. The second-order valence-electron chi connectivity index (χ2n) is 3.95. The van der Waals surface area contributed by atoms with E-state index in [1.807, 2.05) is 22.6 Å². The topological polar surface area (TPSA) is 92.4 Å². The summed E-state index contributed by atoms with van der Waals surface area (Å²) in [4.78, 5) is -0.0291. The van der Waals surface area contributed by atoms with Crippen molar-refractivity contribution in [1.82, 2.24) is 0 Å². The Hall–Kier alpha value is -1.19. The van der Waals surface area contributed by atoms with Gasteiger partial charge in [-0.15, -0.1) is 0 Å². The number of nitrogen functional groups attached to an aromatic ring is 1. The quantitative estimate of drug-likeness (QED) is 0.401. The van der Waals surface area contributed by atoms with Crippen molar-refractivity contribution < 1.29 is 13.5 Å². The van der Waals surface area contributed by atoms with Crippen LogP contribution in [0, 0.1) is 3.57 Å². The lowest BCUT2D eigenvalue weighted by atomic mass is 10.3. The van der Waals surface area contributed by atoms with E-state index in [4.69, 9.17) is 17.3 Å². The lowest BCUT2D eigenvalue weighted by Gasteiger charge is -2.11. The van der Waals surface area contributed by atoms with E-state index in [1.165, 1.54) is 18.2 Å². The molecule has 5 nitrogen and oxygen atoms in total. The summed E-state index contributed by atoms with van der Waals surface area (Å²) < 4.78 is 27.6. The maximum absolute atomic E-state index is 12.2. The summed E-state index contributed by atoms with van der Waals surface area (Å²) in [7, 11) is -3.78. The second kappa shape index (κ2) is 5.66. The first kappa shape index (κ1) is 15.2. The molecule has 2 aromatic carbocycles. The molecule has 8 heteroatoms. The van der Waals surface area contributed by atoms with Crippen LogP contribution in [0.1, 0.15) is 0 Å². The van der Waals surface area contributed by atoms with Crippen LogP contribution in [0.3, 0.4) is 0 Å². The number of halogens is 2. The van der Waals surface area contributed by atoms with Crippen LogP contribution in [0.15, 0.2) is 41.3 Å². The first-order valence-corrected chi connectivity index (χ1v) is 8.30. The molecular formula is C12H10ClIN2O3S. The lowest BCUT2D eigenvalue weighted by Crippen LogP contribution is -2.14. The number of rotatable bonds is 3. The fourth-order valence-corrected chi connectivity index (χ4v) is 3.78. The fourth-order valence-electron chi connectivity index (χ4n) is 1.48. The summed E-state index contributed by atoms with van der Waals surface area (Å²) in [6.07, 6.45) is 0. The van der Waals surface area contributed by atoms with Gasteiger partial charge in [-0.3, -0.25) is 4.72 Å². The van der Waals surface area contributed by atoms with Crippen LogP contribution in [0.5, 0.6) is 5.75 Å². The minimum absolute atomic E-state index is 0.00122. The number of aromatic hydroxyl groups is 1. The number of hydrogen-bond donors (Lipinski definition) is 3. The molecule has 4 N–H and O–H groups in total. The maximum atomic E-state index is 12.2. The molecular weight excluding hydrogens is 415 g/mol. The van der Waals surface area contributed by atoms with Gasteiger partial charge in [0, 0.05) is 8.59 Å². The van der Waals surface area contributed by atoms with Crippen molar-refractivity contribution in [3.8, 4) is 5.75 Å². The molecule has 0 atom stereocenters. The molecule has 0 saturated carbocycles. The zero-order chi connectivity index (χ0) is 14.9. The summed E-state index contributed by atoms with van der Waals surface area (Å²) >= 11 is 7.80. The van der Waals surface area contributed by atoms with Gasteiger partial charge in [0.1, 0.15) is 5.75 Å². The first-order valence-electron chi connectivity index (χ1n) is 5.36. The predicted molar refractivity (Wildman–Crippen MR) is 87.5 cm³/mol. The largest absolute Gasteiger partial charge is 0.506 e. The molecule has 0 radical (unpaired) electrons. The number of phenolic OH excluding ortho intramolecular Hbond substituents is 1. The van der Waals surface area contributed by atoms with Crippen LogP contribution in [0.2, 0.25) is 5.02 Å². The number of benzene rings is 2. The van der Waals surface area contributed by atoms with E-state index in [1.54, 1.807) is 18.2 Å². The zero-order valence-electron chi connectivity index (χ0n) is 9.97. The first-order chi connectivity index (χ1) is 9.29. The molecule has 0 aliphatic rings. The molecule has 0 bridgehead atoms. The second-order valence-corrected chi connectivity index (χ2v) is 7.23. The van der Waals surface area contributed by atoms with Crippen LogP contribution in [-0.2, 0) is 10.0 Å². The molecule has 20 heavy (non-hydrogen) atoms. The van der Waals surface area contributed by atoms with Gasteiger partial charge in [0.25, 0.3) is 10.0 Å². The summed E-state index contributed by atoms with van der Waals surface area (Å²) in [6.45, 7) is 0. The molecule has 0 unspecified atom stereocenters.